The molecular weight excluding hydrogens is 373 g/mol. The predicted octanol–water partition coefficient (Wildman–Crippen LogP) is 3.91. The highest BCUT2D eigenvalue weighted by Gasteiger charge is 2.41. The molecule has 1 saturated heterocycles. The third-order valence-corrected chi connectivity index (χ3v) is 5.14. The van der Waals surface area contributed by atoms with Gasteiger partial charge in [0.05, 0.1) is 28.0 Å². The molecule has 3 heterocycles. The van der Waals surface area contributed by atoms with Gasteiger partial charge in [-0.1, -0.05) is 11.6 Å². The topological polar surface area (TPSA) is 64.4 Å². The van der Waals surface area contributed by atoms with Gasteiger partial charge in [0, 0.05) is 6.54 Å². The first-order valence-corrected chi connectivity index (χ1v) is 9.17. The van der Waals surface area contributed by atoms with Crippen LogP contribution in [0.5, 0.6) is 0 Å². The summed E-state index contributed by atoms with van der Waals surface area (Å²) >= 11 is 6.14. The summed E-state index contributed by atoms with van der Waals surface area (Å²) in [6.45, 7) is 5.85. The number of aromatic nitrogens is 2. The van der Waals surface area contributed by atoms with Gasteiger partial charge in [-0.15, -0.1) is 0 Å². The Kier molecular flexibility index (Phi) is 4.03. The van der Waals surface area contributed by atoms with E-state index in [0.717, 1.165) is 6.42 Å². The number of ether oxygens (including phenoxy) is 1. The van der Waals surface area contributed by atoms with Crippen LogP contribution < -0.4 is 0 Å². The van der Waals surface area contributed by atoms with Gasteiger partial charge >= 0.3 is 5.97 Å². The quantitative estimate of drug-likeness (QED) is 0.691. The number of imidazole rings is 1. The summed E-state index contributed by atoms with van der Waals surface area (Å²) in [7, 11) is 0. The van der Waals surface area contributed by atoms with E-state index in [2.05, 4.69) is 4.98 Å². The van der Waals surface area contributed by atoms with Crippen molar-refractivity contribution < 1.29 is 18.7 Å². The maximum atomic E-state index is 14.0. The van der Waals surface area contributed by atoms with Crippen LogP contribution in [0, 0.1) is 5.82 Å². The van der Waals surface area contributed by atoms with Crippen molar-refractivity contribution in [3.8, 4) is 5.69 Å². The van der Waals surface area contributed by atoms with Gasteiger partial charge in [-0.25, -0.2) is 14.2 Å². The van der Waals surface area contributed by atoms with E-state index in [1.165, 1.54) is 18.5 Å². The molecule has 0 bridgehead atoms. The molecule has 0 radical (unpaired) electrons. The monoisotopic (exact) mass is 391 g/mol. The molecule has 6 nitrogen and oxygen atoms in total. The van der Waals surface area contributed by atoms with Crippen LogP contribution >= 0.6 is 11.6 Å². The Morgan fingerprint density at radius 3 is 2.81 bits per heavy atom. The molecule has 4 rings (SSSR count). The third kappa shape index (κ3) is 2.81. The van der Waals surface area contributed by atoms with Crippen molar-refractivity contribution in [3.05, 3.63) is 46.3 Å². The zero-order valence-corrected chi connectivity index (χ0v) is 16.0. The maximum absolute atomic E-state index is 14.0. The molecule has 27 heavy (non-hydrogen) atoms. The molecule has 0 saturated carbocycles. The second-order valence-electron chi connectivity index (χ2n) is 7.76. The Balaban J connectivity index is 1.94. The zero-order valence-electron chi connectivity index (χ0n) is 15.3. The Morgan fingerprint density at radius 1 is 1.37 bits per heavy atom. The van der Waals surface area contributed by atoms with Gasteiger partial charge in [-0.2, -0.15) is 0 Å². The van der Waals surface area contributed by atoms with E-state index >= 15 is 0 Å². The smallest absolute Gasteiger partial charge is 0.359 e. The molecule has 1 amide bonds. The van der Waals surface area contributed by atoms with Crippen LogP contribution in [0.2, 0.25) is 5.02 Å². The number of carbonyl (C=O) groups is 2. The van der Waals surface area contributed by atoms with Crippen LogP contribution in [-0.4, -0.2) is 38.5 Å². The number of carbonyl (C=O) groups excluding carboxylic acids is 2. The van der Waals surface area contributed by atoms with Gasteiger partial charge in [0.15, 0.2) is 5.69 Å². The summed E-state index contributed by atoms with van der Waals surface area (Å²) in [5, 5.41) is -0.219. The molecule has 1 atom stereocenters. The molecule has 2 aliphatic rings. The molecule has 8 heteroatoms. The van der Waals surface area contributed by atoms with E-state index in [1.807, 2.05) is 0 Å². The molecule has 1 fully saturated rings. The van der Waals surface area contributed by atoms with Gasteiger partial charge in [0.2, 0.25) is 0 Å². The molecule has 0 N–H and O–H groups in total. The summed E-state index contributed by atoms with van der Waals surface area (Å²) < 4.78 is 21.2. The number of halogens is 2. The van der Waals surface area contributed by atoms with E-state index in [1.54, 1.807) is 30.2 Å². The molecular formula is C19H19ClFN3O3. The van der Waals surface area contributed by atoms with Crippen LogP contribution in [0.1, 0.15) is 66.2 Å². The fourth-order valence-corrected chi connectivity index (χ4v) is 3.97. The summed E-state index contributed by atoms with van der Waals surface area (Å²) in [5.41, 5.74) is 0.585. The Labute approximate surface area is 160 Å². The average Bonchev–Trinajstić information content (AvgIpc) is 3.19. The van der Waals surface area contributed by atoms with E-state index in [4.69, 9.17) is 16.3 Å². The van der Waals surface area contributed by atoms with Gasteiger partial charge in [0.1, 0.15) is 17.7 Å². The van der Waals surface area contributed by atoms with Crippen LogP contribution in [0.15, 0.2) is 18.5 Å². The standard InChI is InChI=1S/C19H19ClFN3O3/c1-19(2,3)27-18(26)15-16-12-5-4-8-23(12)17(25)13-11(24(16)9-22-15)7-6-10(21)14(13)20/h6-7,9,12H,4-5,8H2,1-3H3/t12-/m0/s1. The minimum absolute atomic E-state index is 0.0930. The highest BCUT2D eigenvalue weighted by molar-refractivity contribution is 6.34. The fourth-order valence-electron chi connectivity index (χ4n) is 3.73. The second kappa shape index (κ2) is 6.05. The van der Waals surface area contributed by atoms with Crippen molar-refractivity contribution in [2.45, 2.75) is 45.3 Å². The van der Waals surface area contributed by atoms with Crippen LogP contribution in [0.3, 0.4) is 0 Å². The molecule has 1 aromatic heterocycles. The molecule has 0 spiro atoms. The lowest BCUT2D eigenvalue weighted by atomic mass is 10.1. The largest absolute Gasteiger partial charge is 0.455 e. The van der Waals surface area contributed by atoms with Gasteiger partial charge in [-0.05, 0) is 45.7 Å². The predicted molar refractivity (Wildman–Crippen MR) is 96.7 cm³/mol. The van der Waals surface area contributed by atoms with Crippen molar-refractivity contribution in [1.29, 1.82) is 0 Å². The Hall–Kier alpha value is -2.41. The Bertz CT molecular complexity index is 964. The normalized spacial score (nSPS) is 18.6. The number of hydrogen-bond acceptors (Lipinski definition) is 4. The average molecular weight is 392 g/mol. The van der Waals surface area contributed by atoms with E-state index < -0.39 is 17.4 Å². The molecule has 0 unspecified atom stereocenters. The molecule has 1 aromatic carbocycles. The van der Waals surface area contributed by atoms with Crippen molar-refractivity contribution in [1.82, 2.24) is 14.5 Å². The van der Waals surface area contributed by atoms with Gasteiger partial charge in [-0.3, -0.25) is 9.36 Å². The summed E-state index contributed by atoms with van der Waals surface area (Å²) in [6, 6.07) is 2.36. The van der Waals surface area contributed by atoms with Crippen molar-refractivity contribution in [2.75, 3.05) is 6.54 Å². The van der Waals surface area contributed by atoms with Gasteiger partial charge in [0.25, 0.3) is 5.91 Å². The fraction of sp³-hybridized carbons (Fsp3) is 0.421. The lowest BCUT2D eigenvalue weighted by Gasteiger charge is -2.24. The number of rotatable bonds is 1. The number of nitrogens with zero attached hydrogens (tertiary/aromatic N) is 3. The minimum atomic E-state index is -0.673. The summed E-state index contributed by atoms with van der Waals surface area (Å²) in [4.78, 5) is 31.7. The maximum Gasteiger partial charge on any atom is 0.359 e. The van der Waals surface area contributed by atoms with Crippen molar-refractivity contribution in [2.24, 2.45) is 0 Å². The number of benzene rings is 1. The van der Waals surface area contributed by atoms with E-state index in [0.29, 0.717) is 24.3 Å². The number of amides is 1. The molecule has 2 aliphatic heterocycles. The first-order valence-electron chi connectivity index (χ1n) is 8.79. The lowest BCUT2D eigenvalue weighted by molar-refractivity contribution is 0.00595. The van der Waals surface area contributed by atoms with Crippen LogP contribution in [-0.2, 0) is 4.74 Å². The van der Waals surface area contributed by atoms with Crippen LogP contribution in [0.4, 0.5) is 4.39 Å². The van der Waals surface area contributed by atoms with E-state index in [-0.39, 0.29) is 28.2 Å². The van der Waals surface area contributed by atoms with Crippen molar-refractivity contribution in [3.63, 3.8) is 0 Å². The molecule has 2 aromatic rings. The first-order chi connectivity index (χ1) is 12.7. The highest BCUT2D eigenvalue weighted by Crippen LogP contribution is 2.42. The molecule has 0 aliphatic carbocycles. The SMILES string of the molecule is CC(C)(C)OC(=O)c1ncn2c1[C@@H]1CCCN1C(=O)c1c-2ccc(F)c1Cl. The number of hydrogen-bond donors (Lipinski definition) is 0. The minimum Gasteiger partial charge on any atom is -0.455 e. The highest BCUT2D eigenvalue weighted by atomic mass is 35.5. The summed E-state index contributed by atoms with van der Waals surface area (Å²) in [6.07, 6.45) is 2.93. The summed E-state index contributed by atoms with van der Waals surface area (Å²) in [5.74, 6) is -1.54. The number of esters is 1. The van der Waals surface area contributed by atoms with Gasteiger partial charge < -0.3 is 9.64 Å². The zero-order chi connectivity index (χ0) is 19.5. The Morgan fingerprint density at radius 2 is 2.11 bits per heavy atom. The van der Waals surface area contributed by atoms with Crippen LogP contribution in [0.25, 0.3) is 5.69 Å². The number of fused-ring (bicyclic) bond motifs is 5. The van der Waals surface area contributed by atoms with Crippen molar-refractivity contribution >= 4 is 23.5 Å². The second-order valence-corrected chi connectivity index (χ2v) is 8.14. The lowest BCUT2D eigenvalue weighted by Crippen LogP contribution is -2.31. The first kappa shape index (κ1) is 18.0. The molecule has 142 valence electrons. The third-order valence-electron chi connectivity index (χ3n) is 4.77. The van der Waals surface area contributed by atoms with E-state index in [9.17, 15) is 14.0 Å².